The Kier molecular flexibility index (Phi) is 4.69. The van der Waals surface area contributed by atoms with E-state index in [1.807, 2.05) is 66.0 Å². The molecule has 5 nitrogen and oxygen atoms in total. The van der Waals surface area contributed by atoms with Crippen LogP contribution < -0.4 is 11.2 Å². The van der Waals surface area contributed by atoms with Crippen LogP contribution in [0.15, 0.2) is 94.0 Å². The van der Waals surface area contributed by atoms with E-state index in [-0.39, 0.29) is 11.2 Å². The first-order chi connectivity index (χ1) is 14.7. The van der Waals surface area contributed by atoms with Crippen LogP contribution in [-0.2, 0) is 13.0 Å². The number of para-hydroxylation sites is 2. The number of nitrogens with zero attached hydrogens (tertiary/aromatic N) is 2. The van der Waals surface area contributed by atoms with Gasteiger partial charge in [-0.25, -0.2) is 4.79 Å². The SMILES string of the molecule is O=c1c(-c2cccs2)cc(-n2c(=O)[nH]c3ccccc32)cn1CCc1ccccc1. The van der Waals surface area contributed by atoms with Crippen molar-refractivity contribution < 1.29 is 0 Å². The maximum Gasteiger partial charge on any atom is 0.331 e. The Morgan fingerprint density at radius 1 is 0.900 bits per heavy atom. The molecule has 0 unspecified atom stereocenters. The summed E-state index contributed by atoms with van der Waals surface area (Å²) < 4.78 is 3.34. The molecule has 6 heteroatoms. The molecule has 0 saturated carbocycles. The number of aryl methyl sites for hydroxylation is 2. The van der Waals surface area contributed by atoms with Crippen molar-refractivity contribution in [2.75, 3.05) is 0 Å². The number of hydrogen-bond donors (Lipinski definition) is 1. The first kappa shape index (κ1) is 18.4. The van der Waals surface area contributed by atoms with Crippen molar-refractivity contribution in [3.8, 4) is 16.1 Å². The lowest BCUT2D eigenvalue weighted by atomic mass is 10.1. The summed E-state index contributed by atoms with van der Waals surface area (Å²) in [5, 5.41) is 1.95. The Bertz CT molecular complexity index is 1430. The van der Waals surface area contributed by atoms with E-state index in [4.69, 9.17) is 0 Å². The van der Waals surface area contributed by atoms with E-state index < -0.39 is 0 Å². The molecule has 2 aromatic carbocycles. The zero-order valence-electron chi connectivity index (χ0n) is 16.1. The maximum absolute atomic E-state index is 13.2. The molecule has 5 aromatic rings. The van der Waals surface area contributed by atoms with Crippen LogP contribution in [0.1, 0.15) is 5.56 Å². The highest BCUT2D eigenvalue weighted by atomic mass is 32.1. The highest BCUT2D eigenvalue weighted by Crippen LogP contribution is 2.24. The second-order valence-electron chi connectivity index (χ2n) is 7.11. The third-order valence-electron chi connectivity index (χ3n) is 5.19. The minimum absolute atomic E-state index is 0.0509. The van der Waals surface area contributed by atoms with Crippen molar-refractivity contribution in [1.29, 1.82) is 0 Å². The molecule has 0 spiro atoms. The average Bonchev–Trinajstić information content (AvgIpc) is 3.41. The summed E-state index contributed by atoms with van der Waals surface area (Å²) in [6.45, 7) is 0.534. The van der Waals surface area contributed by atoms with Gasteiger partial charge in [-0.05, 0) is 41.6 Å². The highest BCUT2D eigenvalue weighted by Gasteiger charge is 2.14. The predicted molar refractivity (Wildman–Crippen MR) is 122 cm³/mol. The second-order valence-corrected chi connectivity index (χ2v) is 8.05. The predicted octanol–water partition coefficient (Wildman–Crippen LogP) is 4.45. The molecular formula is C24H19N3O2S. The fraction of sp³-hybridized carbons (Fsp3) is 0.0833. The summed E-state index contributed by atoms with van der Waals surface area (Å²) in [4.78, 5) is 29.8. The van der Waals surface area contributed by atoms with E-state index in [1.54, 1.807) is 15.3 Å². The molecular weight excluding hydrogens is 394 g/mol. The molecule has 0 aliphatic heterocycles. The monoisotopic (exact) mass is 413 g/mol. The van der Waals surface area contributed by atoms with Gasteiger partial charge in [0.15, 0.2) is 0 Å². The van der Waals surface area contributed by atoms with E-state index in [9.17, 15) is 9.59 Å². The van der Waals surface area contributed by atoms with Crippen molar-refractivity contribution in [3.05, 3.63) is 111 Å². The Labute approximate surface area is 176 Å². The van der Waals surface area contributed by atoms with Crippen LogP contribution in [0.2, 0.25) is 0 Å². The quantitative estimate of drug-likeness (QED) is 0.463. The van der Waals surface area contributed by atoms with Gasteiger partial charge in [-0.15, -0.1) is 11.3 Å². The van der Waals surface area contributed by atoms with Crippen LogP contribution in [-0.4, -0.2) is 14.1 Å². The van der Waals surface area contributed by atoms with E-state index >= 15 is 0 Å². The van der Waals surface area contributed by atoms with Crippen LogP contribution in [0.3, 0.4) is 0 Å². The number of aromatic nitrogens is 3. The minimum atomic E-state index is -0.221. The van der Waals surface area contributed by atoms with E-state index in [1.165, 1.54) is 11.3 Å². The lowest BCUT2D eigenvalue weighted by Crippen LogP contribution is -2.25. The van der Waals surface area contributed by atoms with E-state index in [2.05, 4.69) is 17.1 Å². The van der Waals surface area contributed by atoms with Gasteiger partial charge in [-0.1, -0.05) is 48.5 Å². The molecule has 3 aromatic heterocycles. The Balaban J connectivity index is 1.67. The molecule has 148 valence electrons. The van der Waals surface area contributed by atoms with Crippen molar-refractivity contribution in [2.24, 2.45) is 0 Å². The number of pyridine rings is 1. The molecule has 0 atom stereocenters. The topological polar surface area (TPSA) is 59.8 Å². The fourth-order valence-electron chi connectivity index (χ4n) is 3.72. The number of H-pyrrole nitrogens is 1. The van der Waals surface area contributed by atoms with Gasteiger partial charge in [0.25, 0.3) is 5.56 Å². The van der Waals surface area contributed by atoms with Crippen molar-refractivity contribution in [1.82, 2.24) is 14.1 Å². The maximum atomic E-state index is 13.2. The van der Waals surface area contributed by atoms with Crippen molar-refractivity contribution in [3.63, 3.8) is 0 Å². The number of nitrogens with one attached hydrogen (secondary N) is 1. The normalized spacial score (nSPS) is 11.2. The highest BCUT2D eigenvalue weighted by molar-refractivity contribution is 7.13. The molecule has 0 radical (unpaired) electrons. The molecule has 3 heterocycles. The standard InChI is InChI=1S/C24H19N3O2S/c28-23-19(22-11-6-14-30-22)15-18(16-26(23)13-12-17-7-2-1-3-8-17)27-21-10-5-4-9-20(21)25-24(27)29/h1-11,14-16H,12-13H2,(H,25,29). The fourth-order valence-corrected chi connectivity index (χ4v) is 4.46. The molecule has 0 aliphatic rings. The van der Waals surface area contributed by atoms with E-state index in [0.29, 0.717) is 17.8 Å². The Morgan fingerprint density at radius 2 is 1.70 bits per heavy atom. The lowest BCUT2D eigenvalue weighted by molar-refractivity contribution is 0.667. The summed E-state index contributed by atoms with van der Waals surface area (Å²) in [6, 6.07) is 23.3. The van der Waals surface area contributed by atoms with Gasteiger partial charge in [0.1, 0.15) is 0 Å². The van der Waals surface area contributed by atoms with Gasteiger partial charge in [0.2, 0.25) is 0 Å². The number of benzene rings is 2. The second kappa shape index (κ2) is 7.65. The summed E-state index contributed by atoms with van der Waals surface area (Å²) in [5.41, 5.74) is 3.72. The van der Waals surface area contributed by atoms with Crippen LogP contribution in [0.25, 0.3) is 27.2 Å². The smallest absolute Gasteiger partial charge is 0.313 e. The van der Waals surface area contributed by atoms with Gasteiger partial charge in [0, 0.05) is 17.6 Å². The molecule has 0 saturated heterocycles. The summed E-state index contributed by atoms with van der Waals surface area (Å²) in [7, 11) is 0. The molecule has 0 aliphatic carbocycles. The molecule has 1 N–H and O–H groups in total. The van der Waals surface area contributed by atoms with Gasteiger partial charge in [-0.3, -0.25) is 9.36 Å². The van der Waals surface area contributed by atoms with Gasteiger partial charge in [-0.2, -0.15) is 0 Å². The number of rotatable bonds is 5. The van der Waals surface area contributed by atoms with Crippen LogP contribution >= 0.6 is 11.3 Å². The zero-order valence-corrected chi connectivity index (χ0v) is 16.9. The summed E-state index contributed by atoms with van der Waals surface area (Å²) >= 11 is 1.52. The van der Waals surface area contributed by atoms with Crippen LogP contribution in [0.4, 0.5) is 0 Å². The summed E-state index contributed by atoms with van der Waals surface area (Å²) in [5.74, 6) is 0. The van der Waals surface area contributed by atoms with Crippen LogP contribution in [0.5, 0.6) is 0 Å². The Morgan fingerprint density at radius 3 is 2.50 bits per heavy atom. The minimum Gasteiger partial charge on any atom is -0.313 e. The Hall–Kier alpha value is -3.64. The van der Waals surface area contributed by atoms with Gasteiger partial charge >= 0.3 is 5.69 Å². The number of imidazole rings is 1. The molecule has 0 fully saturated rings. The zero-order chi connectivity index (χ0) is 20.5. The third kappa shape index (κ3) is 3.31. The van der Waals surface area contributed by atoms with Gasteiger partial charge in [0.05, 0.1) is 22.3 Å². The van der Waals surface area contributed by atoms with Crippen molar-refractivity contribution >= 4 is 22.4 Å². The van der Waals surface area contributed by atoms with Crippen molar-refractivity contribution in [2.45, 2.75) is 13.0 Å². The number of hydrogen-bond acceptors (Lipinski definition) is 3. The number of fused-ring (bicyclic) bond motifs is 1. The molecule has 0 amide bonds. The van der Waals surface area contributed by atoms with E-state index in [0.717, 1.165) is 27.9 Å². The molecule has 30 heavy (non-hydrogen) atoms. The largest absolute Gasteiger partial charge is 0.331 e. The molecule has 0 bridgehead atoms. The first-order valence-electron chi connectivity index (χ1n) is 9.73. The third-order valence-corrected chi connectivity index (χ3v) is 6.09. The molecule has 5 rings (SSSR count). The number of aromatic amines is 1. The average molecular weight is 414 g/mol. The lowest BCUT2D eigenvalue weighted by Gasteiger charge is -2.12. The van der Waals surface area contributed by atoms with Crippen LogP contribution in [0, 0.1) is 0 Å². The summed E-state index contributed by atoms with van der Waals surface area (Å²) in [6.07, 6.45) is 2.51. The first-order valence-corrected chi connectivity index (χ1v) is 10.6. The number of thiophene rings is 1. The van der Waals surface area contributed by atoms with Gasteiger partial charge < -0.3 is 9.55 Å².